The molecule has 4 nitrogen and oxygen atoms in total. The van der Waals surface area contributed by atoms with E-state index in [9.17, 15) is 9.59 Å². The van der Waals surface area contributed by atoms with Gasteiger partial charge in [0, 0.05) is 11.8 Å². The van der Waals surface area contributed by atoms with Crippen LogP contribution in [0.3, 0.4) is 0 Å². The Morgan fingerprint density at radius 1 is 1.42 bits per heavy atom. The van der Waals surface area contributed by atoms with Crippen LogP contribution in [-0.2, 0) is 9.59 Å². The Labute approximate surface area is 113 Å². The number of carbonyl (C=O) groups excluding carboxylic acids is 2. The summed E-state index contributed by atoms with van der Waals surface area (Å²) in [6.45, 7) is 7.38. The zero-order valence-electron chi connectivity index (χ0n) is 11.9. The molecule has 3 atom stereocenters. The summed E-state index contributed by atoms with van der Waals surface area (Å²) in [4.78, 5) is 23.8. The van der Waals surface area contributed by atoms with Crippen LogP contribution < -0.4 is 5.32 Å². The highest BCUT2D eigenvalue weighted by Gasteiger charge is 2.47. The number of Topliss-reactive ketones (excluding diaryl/α,β-unsaturated/α-hetero) is 1. The summed E-state index contributed by atoms with van der Waals surface area (Å²) in [5.74, 6) is 0.917. The van der Waals surface area contributed by atoms with Gasteiger partial charge in [0.05, 0.1) is 12.3 Å². The first-order chi connectivity index (χ1) is 8.80. The Balaban J connectivity index is 1.97. The second-order valence-electron chi connectivity index (χ2n) is 6.38. The monoisotopic (exact) mass is 263 g/mol. The van der Waals surface area contributed by atoms with E-state index < -0.39 is 6.04 Å². The fourth-order valence-electron chi connectivity index (χ4n) is 2.48. The summed E-state index contributed by atoms with van der Waals surface area (Å²) in [5.41, 5.74) is -0.267. The van der Waals surface area contributed by atoms with Crippen molar-refractivity contribution >= 4 is 11.7 Å². The van der Waals surface area contributed by atoms with Crippen LogP contribution in [0.2, 0.25) is 0 Å². The smallest absolute Gasteiger partial charge is 0.224 e. The average Bonchev–Trinajstić information content (AvgIpc) is 2.90. The zero-order valence-corrected chi connectivity index (χ0v) is 11.9. The Morgan fingerprint density at radius 3 is 2.58 bits per heavy atom. The molecule has 2 rings (SSSR count). The van der Waals surface area contributed by atoms with Gasteiger partial charge in [-0.25, -0.2) is 0 Å². The summed E-state index contributed by atoms with van der Waals surface area (Å²) in [6, 6.07) is 3.29. The minimum absolute atomic E-state index is 0.00366. The van der Waals surface area contributed by atoms with Gasteiger partial charge in [0.1, 0.15) is 5.76 Å². The molecule has 19 heavy (non-hydrogen) atoms. The fourth-order valence-corrected chi connectivity index (χ4v) is 2.48. The molecule has 1 saturated carbocycles. The predicted octanol–water partition coefficient (Wildman–Crippen LogP) is 2.50. The van der Waals surface area contributed by atoms with Crippen LogP contribution in [0, 0.1) is 11.3 Å². The molecule has 1 unspecified atom stereocenters. The third-order valence-electron chi connectivity index (χ3n) is 3.59. The Bertz CT molecular complexity index is 470. The van der Waals surface area contributed by atoms with Gasteiger partial charge in [-0.1, -0.05) is 20.8 Å². The topological polar surface area (TPSA) is 59.3 Å². The van der Waals surface area contributed by atoms with Crippen molar-refractivity contribution in [2.75, 3.05) is 0 Å². The van der Waals surface area contributed by atoms with Crippen LogP contribution in [-0.4, -0.2) is 17.7 Å². The lowest BCUT2D eigenvalue weighted by molar-refractivity contribution is -0.130. The maximum absolute atomic E-state index is 12.2. The second kappa shape index (κ2) is 4.83. The third-order valence-corrected chi connectivity index (χ3v) is 3.59. The third kappa shape index (κ3) is 3.06. The van der Waals surface area contributed by atoms with Crippen LogP contribution >= 0.6 is 0 Å². The van der Waals surface area contributed by atoms with E-state index in [-0.39, 0.29) is 28.9 Å². The van der Waals surface area contributed by atoms with Crippen molar-refractivity contribution in [1.82, 2.24) is 5.32 Å². The van der Waals surface area contributed by atoms with Crippen LogP contribution in [0.15, 0.2) is 22.8 Å². The maximum Gasteiger partial charge on any atom is 0.224 e. The molecule has 1 N–H and O–H groups in total. The number of furan rings is 1. The second-order valence-corrected chi connectivity index (χ2v) is 6.38. The Kier molecular flexibility index (Phi) is 3.52. The van der Waals surface area contributed by atoms with E-state index in [4.69, 9.17) is 4.42 Å². The summed E-state index contributed by atoms with van der Waals surface area (Å²) in [7, 11) is 0. The SMILES string of the molecule is CC(=O)[C@@H](NC(=O)[C@@H]1CC1c1ccco1)C(C)(C)C. The highest BCUT2D eigenvalue weighted by molar-refractivity contribution is 5.90. The van der Waals surface area contributed by atoms with E-state index in [1.54, 1.807) is 6.26 Å². The molecule has 1 heterocycles. The van der Waals surface area contributed by atoms with E-state index in [0.29, 0.717) is 0 Å². The molecular formula is C15H21NO3. The van der Waals surface area contributed by atoms with Gasteiger partial charge >= 0.3 is 0 Å². The van der Waals surface area contributed by atoms with Crippen molar-refractivity contribution in [2.45, 2.75) is 46.1 Å². The molecule has 4 heteroatoms. The average molecular weight is 263 g/mol. The van der Waals surface area contributed by atoms with Gasteiger partial charge in [0.15, 0.2) is 5.78 Å². The number of hydrogen-bond acceptors (Lipinski definition) is 3. The number of hydrogen-bond donors (Lipinski definition) is 1. The molecule has 1 amide bonds. The number of ketones is 1. The van der Waals surface area contributed by atoms with Crippen molar-refractivity contribution in [3.63, 3.8) is 0 Å². The van der Waals surface area contributed by atoms with Crippen molar-refractivity contribution < 1.29 is 14.0 Å². The van der Waals surface area contributed by atoms with Gasteiger partial charge in [0.2, 0.25) is 5.91 Å². The largest absolute Gasteiger partial charge is 0.469 e. The van der Waals surface area contributed by atoms with Crippen molar-refractivity contribution in [1.29, 1.82) is 0 Å². The lowest BCUT2D eigenvalue weighted by Crippen LogP contribution is -2.48. The van der Waals surface area contributed by atoms with Crippen molar-refractivity contribution in [3.05, 3.63) is 24.2 Å². The number of amides is 1. The van der Waals surface area contributed by atoms with Crippen LogP contribution in [0.25, 0.3) is 0 Å². The van der Waals surface area contributed by atoms with E-state index in [0.717, 1.165) is 12.2 Å². The highest BCUT2D eigenvalue weighted by Crippen LogP contribution is 2.47. The minimum Gasteiger partial charge on any atom is -0.469 e. The molecule has 1 fully saturated rings. The maximum atomic E-state index is 12.2. The molecule has 0 spiro atoms. The minimum atomic E-state index is -0.433. The molecule has 1 aliphatic carbocycles. The number of carbonyl (C=O) groups is 2. The molecule has 0 radical (unpaired) electrons. The van der Waals surface area contributed by atoms with Gasteiger partial charge in [-0.15, -0.1) is 0 Å². The Morgan fingerprint density at radius 2 is 2.11 bits per heavy atom. The van der Waals surface area contributed by atoms with E-state index in [1.165, 1.54) is 6.92 Å². The quantitative estimate of drug-likeness (QED) is 0.908. The fraction of sp³-hybridized carbons (Fsp3) is 0.600. The highest BCUT2D eigenvalue weighted by atomic mass is 16.3. The summed E-state index contributed by atoms with van der Waals surface area (Å²) in [5, 5.41) is 2.88. The van der Waals surface area contributed by atoms with Crippen molar-refractivity contribution in [2.24, 2.45) is 11.3 Å². The lowest BCUT2D eigenvalue weighted by Gasteiger charge is -2.29. The first kappa shape index (κ1) is 13.8. The normalized spacial score (nSPS) is 23.8. The molecule has 0 saturated heterocycles. The molecule has 0 aliphatic heterocycles. The molecular weight excluding hydrogens is 242 g/mol. The van der Waals surface area contributed by atoms with Crippen LogP contribution in [0.5, 0.6) is 0 Å². The van der Waals surface area contributed by atoms with E-state index in [1.807, 2.05) is 32.9 Å². The molecule has 0 bridgehead atoms. The van der Waals surface area contributed by atoms with Gasteiger partial charge in [-0.2, -0.15) is 0 Å². The first-order valence-electron chi connectivity index (χ1n) is 6.65. The molecule has 104 valence electrons. The number of nitrogens with one attached hydrogen (secondary N) is 1. The number of rotatable bonds is 4. The zero-order chi connectivity index (χ0) is 14.2. The van der Waals surface area contributed by atoms with Crippen LogP contribution in [0.4, 0.5) is 0 Å². The van der Waals surface area contributed by atoms with Crippen LogP contribution in [0.1, 0.15) is 45.8 Å². The Hall–Kier alpha value is -1.58. The summed E-state index contributed by atoms with van der Waals surface area (Å²) >= 11 is 0. The van der Waals surface area contributed by atoms with Gasteiger partial charge in [-0.3, -0.25) is 9.59 Å². The summed E-state index contributed by atoms with van der Waals surface area (Å²) < 4.78 is 5.31. The van der Waals surface area contributed by atoms with E-state index in [2.05, 4.69) is 5.32 Å². The lowest BCUT2D eigenvalue weighted by atomic mass is 9.84. The molecule has 0 aromatic carbocycles. The molecule has 1 aromatic rings. The predicted molar refractivity (Wildman–Crippen MR) is 71.6 cm³/mol. The van der Waals surface area contributed by atoms with Crippen molar-refractivity contribution in [3.8, 4) is 0 Å². The van der Waals surface area contributed by atoms with Gasteiger partial charge < -0.3 is 9.73 Å². The molecule has 1 aliphatic rings. The van der Waals surface area contributed by atoms with E-state index >= 15 is 0 Å². The standard InChI is InChI=1S/C15H21NO3/c1-9(17)13(15(2,3)4)16-14(18)11-8-10(11)12-6-5-7-19-12/h5-7,10-11,13H,8H2,1-4H3,(H,16,18)/t10?,11-,13-/m1/s1. The summed E-state index contributed by atoms with van der Waals surface area (Å²) in [6.07, 6.45) is 2.42. The molecule has 1 aromatic heterocycles. The first-order valence-corrected chi connectivity index (χ1v) is 6.65. The van der Waals surface area contributed by atoms with Gasteiger partial charge in [0.25, 0.3) is 0 Å². The van der Waals surface area contributed by atoms with Gasteiger partial charge in [-0.05, 0) is 30.9 Å².